The van der Waals surface area contributed by atoms with Gasteiger partial charge in [0.05, 0.1) is 6.04 Å². The van der Waals surface area contributed by atoms with Crippen LogP contribution in [0.15, 0.2) is 22.6 Å². The van der Waals surface area contributed by atoms with Crippen molar-refractivity contribution in [3.63, 3.8) is 0 Å². The van der Waals surface area contributed by atoms with Crippen LogP contribution in [0.3, 0.4) is 0 Å². The fourth-order valence-corrected chi connectivity index (χ4v) is 2.38. The minimum atomic E-state index is -1.45. The number of rotatable bonds is 5. The molecule has 1 unspecified atom stereocenters. The first kappa shape index (κ1) is 15.6. The molecule has 0 saturated heterocycles. The van der Waals surface area contributed by atoms with Gasteiger partial charge in [0.25, 0.3) is 0 Å². The summed E-state index contributed by atoms with van der Waals surface area (Å²) in [6.07, 6.45) is 0.831. The van der Waals surface area contributed by atoms with Crippen LogP contribution in [-0.2, 0) is 0 Å². The summed E-state index contributed by atoms with van der Waals surface area (Å²) in [4.78, 5) is 0. The molecule has 0 aliphatic rings. The lowest BCUT2D eigenvalue weighted by Gasteiger charge is -2.19. The van der Waals surface area contributed by atoms with Crippen molar-refractivity contribution in [3.8, 4) is 0 Å². The summed E-state index contributed by atoms with van der Waals surface area (Å²) >= 11 is 0. The maximum absolute atomic E-state index is 14.1. The first-order valence-corrected chi connectivity index (χ1v) is 6.89. The predicted octanol–water partition coefficient (Wildman–Crippen LogP) is 4.40. The van der Waals surface area contributed by atoms with Crippen LogP contribution < -0.4 is 5.32 Å². The Kier molecular flexibility index (Phi) is 4.73. The molecule has 21 heavy (non-hydrogen) atoms. The first-order chi connectivity index (χ1) is 9.95. The monoisotopic (exact) mass is 297 g/mol. The van der Waals surface area contributed by atoms with Crippen LogP contribution >= 0.6 is 0 Å². The molecule has 2 aromatic rings. The van der Waals surface area contributed by atoms with Crippen molar-refractivity contribution in [1.29, 1.82) is 0 Å². The summed E-state index contributed by atoms with van der Waals surface area (Å²) < 4.78 is 46.1. The SMILES string of the molecule is CCCNC(c1cc(C)oc1C)c1ccc(F)c(F)c1F. The highest BCUT2D eigenvalue weighted by Gasteiger charge is 2.24. The third kappa shape index (κ3) is 3.13. The fraction of sp³-hybridized carbons (Fsp3) is 0.375. The maximum Gasteiger partial charge on any atom is 0.194 e. The largest absolute Gasteiger partial charge is 0.466 e. The van der Waals surface area contributed by atoms with Gasteiger partial charge in [-0.2, -0.15) is 0 Å². The van der Waals surface area contributed by atoms with Gasteiger partial charge in [-0.25, -0.2) is 13.2 Å². The summed E-state index contributed by atoms with van der Waals surface area (Å²) in [7, 11) is 0. The lowest BCUT2D eigenvalue weighted by atomic mass is 9.98. The molecule has 0 radical (unpaired) electrons. The molecule has 0 aliphatic carbocycles. The second-order valence-corrected chi connectivity index (χ2v) is 5.02. The zero-order chi connectivity index (χ0) is 15.6. The van der Waals surface area contributed by atoms with Crippen LogP contribution in [0, 0.1) is 31.3 Å². The lowest BCUT2D eigenvalue weighted by Crippen LogP contribution is -2.25. The Balaban J connectivity index is 2.50. The predicted molar refractivity (Wildman–Crippen MR) is 74.6 cm³/mol. The number of halogens is 3. The van der Waals surface area contributed by atoms with Gasteiger partial charge in [-0.05, 0) is 38.9 Å². The van der Waals surface area contributed by atoms with E-state index in [-0.39, 0.29) is 5.56 Å². The zero-order valence-electron chi connectivity index (χ0n) is 12.3. The smallest absolute Gasteiger partial charge is 0.194 e. The minimum absolute atomic E-state index is 0.0752. The summed E-state index contributed by atoms with van der Waals surface area (Å²) in [6.45, 7) is 6.14. The van der Waals surface area contributed by atoms with E-state index in [1.165, 1.54) is 6.07 Å². The van der Waals surface area contributed by atoms with Crippen LogP contribution in [0.5, 0.6) is 0 Å². The number of benzene rings is 1. The van der Waals surface area contributed by atoms with Gasteiger partial charge in [0.2, 0.25) is 0 Å². The van der Waals surface area contributed by atoms with Gasteiger partial charge in [0.15, 0.2) is 17.5 Å². The van der Waals surface area contributed by atoms with E-state index in [1.54, 1.807) is 19.9 Å². The highest BCUT2D eigenvalue weighted by atomic mass is 19.2. The highest BCUT2D eigenvalue weighted by Crippen LogP contribution is 2.30. The molecule has 0 saturated carbocycles. The van der Waals surface area contributed by atoms with Crippen LogP contribution in [-0.4, -0.2) is 6.54 Å². The van der Waals surface area contributed by atoms with Gasteiger partial charge >= 0.3 is 0 Å². The molecule has 1 heterocycles. The van der Waals surface area contributed by atoms with Gasteiger partial charge in [-0.15, -0.1) is 0 Å². The number of nitrogens with one attached hydrogen (secondary N) is 1. The second-order valence-electron chi connectivity index (χ2n) is 5.02. The highest BCUT2D eigenvalue weighted by molar-refractivity contribution is 5.36. The summed E-state index contributed by atoms with van der Waals surface area (Å²) in [6, 6.07) is 3.42. The molecule has 1 atom stereocenters. The van der Waals surface area contributed by atoms with Crippen LogP contribution in [0.4, 0.5) is 13.2 Å². The Bertz CT molecular complexity index is 637. The average Bonchev–Trinajstić information content (AvgIpc) is 2.77. The van der Waals surface area contributed by atoms with Crippen molar-refractivity contribution in [3.05, 3.63) is 58.3 Å². The summed E-state index contributed by atoms with van der Waals surface area (Å²) in [5.41, 5.74) is 0.803. The van der Waals surface area contributed by atoms with Crippen molar-refractivity contribution < 1.29 is 17.6 Å². The van der Waals surface area contributed by atoms with Gasteiger partial charge in [-0.3, -0.25) is 0 Å². The van der Waals surface area contributed by atoms with Crippen molar-refractivity contribution >= 4 is 0 Å². The number of furan rings is 1. The molecule has 0 spiro atoms. The Morgan fingerprint density at radius 3 is 2.38 bits per heavy atom. The van der Waals surface area contributed by atoms with E-state index in [2.05, 4.69) is 5.32 Å². The Morgan fingerprint density at radius 1 is 1.10 bits per heavy atom. The van der Waals surface area contributed by atoms with E-state index in [1.807, 2.05) is 6.92 Å². The van der Waals surface area contributed by atoms with Gasteiger partial charge in [-0.1, -0.05) is 13.0 Å². The number of hydrogen-bond donors (Lipinski definition) is 1. The third-order valence-corrected chi connectivity index (χ3v) is 3.36. The Morgan fingerprint density at radius 2 is 1.81 bits per heavy atom. The Hall–Kier alpha value is -1.75. The molecule has 1 N–H and O–H groups in total. The molecule has 0 aliphatic heterocycles. The summed E-state index contributed by atoms with van der Waals surface area (Å²) in [5.74, 6) is -2.49. The quantitative estimate of drug-likeness (QED) is 0.827. The van der Waals surface area contributed by atoms with Crippen molar-refractivity contribution in [2.24, 2.45) is 0 Å². The third-order valence-electron chi connectivity index (χ3n) is 3.36. The van der Waals surface area contributed by atoms with Crippen molar-refractivity contribution in [1.82, 2.24) is 5.32 Å². The van der Waals surface area contributed by atoms with E-state index >= 15 is 0 Å². The average molecular weight is 297 g/mol. The molecular formula is C16H18F3NO. The normalized spacial score (nSPS) is 12.7. The molecule has 1 aromatic heterocycles. The van der Waals surface area contributed by atoms with Crippen LogP contribution in [0.2, 0.25) is 0 Å². The maximum atomic E-state index is 14.1. The van der Waals surface area contributed by atoms with Crippen LogP contribution in [0.1, 0.15) is 42.0 Å². The molecule has 0 amide bonds. The second kappa shape index (κ2) is 6.35. The van der Waals surface area contributed by atoms with Gasteiger partial charge in [0, 0.05) is 11.1 Å². The fourth-order valence-electron chi connectivity index (χ4n) is 2.38. The number of aryl methyl sites for hydroxylation is 2. The molecule has 1 aromatic carbocycles. The van der Waals surface area contributed by atoms with E-state index in [0.717, 1.165) is 18.1 Å². The van der Waals surface area contributed by atoms with Gasteiger partial charge in [0.1, 0.15) is 11.5 Å². The molecule has 114 valence electrons. The summed E-state index contributed by atoms with van der Waals surface area (Å²) in [5, 5.41) is 3.15. The van der Waals surface area contributed by atoms with E-state index in [0.29, 0.717) is 18.1 Å². The molecular weight excluding hydrogens is 279 g/mol. The van der Waals surface area contributed by atoms with Crippen molar-refractivity contribution in [2.75, 3.05) is 6.54 Å². The van der Waals surface area contributed by atoms with Crippen LogP contribution in [0.25, 0.3) is 0 Å². The lowest BCUT2D eigenvalue weighted by molar-refractivity contribution is 0.430. The molecule has 0 bridgehead atoms. The minimum Gasteiger partial charge on any atom is -0.466 e. The topological polar surface area (TPSA) is 25.2 Å². The molecule has 2 rings (SSSR count). The standard InChI is InChI=1S/C16H18F3NO/c1-4-7-20-16(12-8-9(2)21-10(12)3)11-5-6-13(17)15(19)14(11)18/h5-6,8,16,20H,4,7H2,1-3H3. The Labute approximate surface area is 122 Å². The van der Waals surface area contributed by atoms with E-state index < -0.39 is 23.5 Å². The molecule has 2 nitrogen and oxygen atoms in total. The van der Waals surface area contributed by atoms with E-state index in [4.69, 9.17) is 4.42 Å². The number of hydrogen-bond acceptors (Lipinski definition) is 2. The van der Waals surface area contributed by atoms with Crippen molar-refractivity contribution in [2.45, 2.75) is 33.2 Å². The van der Waals surface area contributed by atoms with Gasteiger partial charge < -0.3 is 9.73 Å². The molecule has 0 fully saturated rings. The zero-order valence-corrected chi connectivity index (χ0v) is 12.3. The molecule has 5 heteroatoms. The first-order valence-electron chi connectivity index (χ1n) is 6.89. The van der Waals surface area contributed by atoms with E-state index in [9.17, 15) is 13.2 Å².